The maximum absolute atomic E-state index is 12.7. The van der Waals surface area contributed by atoms with E-state index in [0.29, 0.717) is 23.5 Å². The molecule has 6 heteroatoms. The topological polar surface area (TPSA) is 39.2 Å². The first-order valence-electron chi connectivity index (χ1n) is 6.42. The zero-order chi connectivity index (χ0) is 14.8. The Hall–Kier alpha value is -1.46. The lowest BCUT2D eigenvalue weighted by molar-refractivity contribution is -0.137. The molecule has 0 bridgehead atoms. The summed E-state index contributed by atoms with van der Waals surface area (Å²) in [6.45, 7) is 1.97. The lowest BCUT2D eigenvalue weighted by Gasteiger charge is -2.08. The molecule has 2 rings (SSSR count). The van der Waals surface area contributed by atoms with Gasteiger partial charge in [-0.05, 0) is 30.7 Å². The summed E-state index contributed by atoms with van der Waals surface area (Å²) < 4.78 is 43.5. The number of furan rings is 1. The summed E-state index contributed by atoms with van der Waals surface area (Å²) in [5, 5.41) is 0. The van der Waals surface area contributed by atoms with Crippen molar-refractivity contribution in [3.05, 3.63) is 47.7 Å². The maximum Gasteiger partial charge on any atom is 0.416 e. The molecule has 0 aliphatic carbocycles. The molecule has 2 nitrogen and oxygen atoms in total. The van der Waals surface area contributed by atoms with Gasteiger partial charge in [0, 0.05) is 18.0 Å². The fourth-order valence-corrected chi connectivity index (χ4v) is 1.89. The van der Waals surface area contributed by atoms with Gasteiger partial charge in [-0.25, -0.2) is 0 Å². The van der Waals surface area contributed by atoms with Crippen LogP contribution in [0.25, 0.3) is 11.3 Å². The number of halogens is 4. The van der Waals surface area contributed by atoms with Crippen LogP contribution in [0.3, 0.4) is 0 Å². The Labute approximate surface area is 127 Å². The number of hydrogen-bond donors (Lipinski definition) is 1. The molecular weight excluding hydrogens is 303 g/mol. The average molecular weight is 320 g/mol. The van der Waals surface area contributed by atoms with Gasteiger partial charge in [-0.1, -0.05) is 19.1 Å². The third-order valence-electron chi connectivity index (χ3n) is 3.12. The number of rotatable bonds is 4. The van der Waals surface area contributed by atoms with Gasteiger partial charge in [-0.2, -0.15) is 13.2 Å². The van der Waals surface area contributed by atoms with Crippen molar-refractivity contribution in [2.24, 2.45) is 5.73 Å². The third-order valence-corrected chi connectivity index (χ3v) is 3.12. The van der Waals surface area contributed by atoms with Gasteiger partial charge in [-0.3, -0.25) is 0 Å². The number of nitrogens with two attached hydrogens (primary N) is 1. The molecule has 2 aromatic rings. The molecule has 1 heterocycles. The molecule has 0 spiro atoms. The van der Waals surface area contributed by atoms with Crippen molar-refractivity contribution in [2.75, 3.05) is 0 Å². The summed E-state index contributed by atoms with van der Waals surface area (Å²) in [6.07, 6.45) is -2.95. The van der Waals surface area contributed by atoms with E-state index in [1.165, 1.54) is 6.07 Å². The fourth-order valence-electron chi connectivity index (χ4n) is 1.89. The maximum atomic E-state index is 12.7. The predicted octanol–water partition coefficient (Wildman–Crippen LogP) is 4.67. The molecule has 2 N–H and O–H groups in total. The standard InChI is InChI=1S/C15H16F3NO.ClH/c1-2-12(19)9-13-6-7-14(20-13)10-4-3-5-11(8-10)15(16,17)18;/h3-8,12H,2,9,19H2,1H3;1H. The van der Waals surface area contributed by atoms with Crippen molar-refractivity contribution in [1.82, 2.24) is 0 Å². The van der Waals surface area contributed by atoms with Gasteiger partial charge in [0.15, 0.2) is 0 Å². The zero-order valence-electron chi connectivity index (χ0n) is 11.5. The Bertz CT molecular complexity index is 580. The first-order valence-corrected chi connectivity index (χ1v) is 6.42. The normalized spacial score (nSPS) is 12.8. The van der Waals surface area contributed by atoms with E-state index in [0.717, 1.165) is 18.6 Å². The first-order chi connectivity index (χ1) is 9.40. The molecule has 1 unspecified atom stereocenters. The number of hydrogen-bond acceptors (Lipinski definition) is 2. The summed E-state index contributed by atoms with van der Waals surface area (Å²) in [5.74, 6) is 1.11. The fraction of sp³-hybridized carbons (Fsp3) is 0.333. The van der Waals surface area contributed by atoms with Crippen LogP contribution < -0.4 is 5.73 Å². The van der Waals surface area contributed by atoms with E-state index in [9.17, 15) is 13.2 Å². The Kier molecular flexibility index (Phi) is 5.87. The van der Waals surface area contributed by atoms with E-state index in [-0.39, 0.29) is 18.4 Å². The van der Waals surface area contributed by atoms with Crippen molar-refractivity contribution in [2.45, 2.75) is 32.0 Å². The van der Waals surface area contributed by atoms with E-state index in [4.69, 9.17) is 10.2 Å². The molecule has 0 saturated heterocycles. The Balaban J connectivity index is 0.00000220. The van der Waals surface area contributed by atoms with Crippen molar-refractivity contribution < 1.29 is 17.6 Å². The van der Waals surface area contributed by atoms with Crippen LogP contribution in [0.5, 0.6) is 0 Å². The quantitative estimate of drug-likeness (QED) is 0.889. The molecule has 0 radical (unpaired) electrons. The van der Waals surface area contributed by atoms with Crippen LogP contribution in [0.2, 0.25) is 0 Å². The highest BCUT2D eigenvalue weighted by molar-refractivity contribution is 5.85. The van der Waals surface area contributed by atoms with Gasteiger partial charge >= 0.3 is 6.18 Å². The highest BCUT2D eigenvalue weighted by Gasteiger charge is 2.30. The minimum atomic E-state index is -4.35. The summed E-state index contributed by atoms with van der Waals surface area (Å²) in [5.41, 5.74) is 5.56. The second kappa shape index (κ2) is 7.00. The second-order valence-electron chi connectivity index (χ2n) is 4.72. The van der Waals surface area contributed by atoms with Gasteiger partial charge in [0.25, 0.3) is 0 Å². The van der Waals surface area contributed by atoms with Gasteiger partial charge in [0.2, 0.25) is 0 Å². The molecule has 1 aromatic heterocycles. The van der Waals surface area contributed by atoms with E-state index in [2.05, 4.69) is 0 Å². The van der Waals surface area contributed by atoms with Crippen LogP contribution in [-0.2, 0) is 12.6 Å². The van der Waals surface area contributed by atoms with Crippen LogP contribution >= 0.6 is 12.4 Å². The van der Waals surface area contributed by atoms with Gasteiger partial charge in [0.05, 0.1) is 5.56 Å². The van der Waals surface area contributed by atoms with Gasteiger partial charge < -0.3 is 10.2 Å². The minimum absolute atomic E-state index is 0. The third kappa shape index (κ3) is 4.51. The Morgan fingerprint density at radius 3 is 2.52 bits per heavy atom. The Morgan fingerprint density at radius 2 is 1.90 bits per heavy atom. The molecule has 0 fully saturated rings. The SMILES string of the molecule is CCC(N)Cc1ccc(-c2cccc(C(F)(F)F)c2)o1.Cl. The van der Waals surface area contributed by atoms with Crippen LogP contribution in [0.4, 0.5) is 13.2 Å². The van der Waals surface area contributed by atoms with E-state index in [1.54, 1.807) is 18.2 Å². The molecule has 0 saturated carbocycles. The van der Waals surface area contributed by atoms with Crippen LogP contribution in [-0.4, -0.2) is 6.04 Å². The number of alkyl halides is 3. The summed E-state index contributed by atoms with van der Waals surface area (Å²) in [4.78, 5) is 0. The molecule has 116 valence electrons. The van der Waals surface area contributed by atoms with E-state index in [1.807, 2.05) is 6.92 Å². The average Bonchev–Trinajstić information content (AvgIpc) is 2.86. The first kappa shape index (κ1) is 17.6. The van der Waals surface area contributed by atoms with Gasteiger partial charge in [-0.15, -0.1) is 12.4 Å². The summed E-state index contributed by atoms with van der Waals surface area (Å²) >= 11 is 0. The van der Waals surface area contributed by atoms with Crippen LogP contribution in [0.15, 0.2) is 40.8 Å². The monoisotopic (exact) mass is 319 g/mol. The van der Waals surface area contributed by atoms with Crippen LogP contribution in [0, 0.1) is 0 Å². The van der Waals surface area contributed by atoms with Crippen molar-refractivity contribution in [1.29, 1.82) is 0 Å². The molecule has 0 amide bonds. The highest BCUT2D eigenvalue weighted by atomic mass is 35.5. The van der Waals surface area contributed by atoms with Crippen molar-refractivity contribution in [3.8, 4) is 11.3 Å². The van der Waals surface area contributed by atoms with E-state index < -0.39 is 11.7 Å². The molecule has 1 atom stereocenters. The zero-order valence-corrected chi connectivity index (χ0v) is 12.3. The summed E-state index contributed by atoms with van der Waals surface area (Å²) in [6, 6.07) is 8.52. The predicted molar refractivity (Wildman–Crippen MR) is 78.4 cm³/mol. The lowest BCUT2D eigenvalue weighted by atomic mass is 10.1. The highest BCUT2D eigenvalue weighted by Crippen LogP contribution is 2.32. The van der Waals surface area contributed by atoms with E-state index >= 15 is 0 Å². The van der Waals surface area contributed by atoms with Gasteiger partial charge in [0.1, 0.15) is 11.5 Å². The lowest BCUT2D eigenvalue weighted by Crippen LogP contribution is -2.20. The largest absolute Gasteiger partial charge is 0.461 e. The molecule has 21 heavy (non-hydrogen) atoms. The molecule has 1 aromatic carbocycles. The summed E-state index contributed by atoms with van der Waals surface area (Å²) in [7, 11) is 0. The minimum Gasteiger partial charge on any atom is -0.461 e. The molecule has 0 aliphatic heterocycles. The van der Waals surface area contributed by atoms with Crippen LogP contribution in [0.1, 0.15) is 24.7 Å². The smallest absolute Gasteiger partial charge is 0.416 e. The molecule has 0 aliphatic rings. The van der Waals surface area contributed by atoms with Crippen molar-refractivity contribution >= 4 is 12.4 Å². The Morgan fingerprint density at radius 1 is 1.19 bits per heavy atom. The molecular formula is C15H17ClF3NO. The second-order valence-corrected chi connectivity index (χ2v) is 4.72. The number of benzene rings is 1. The van der Waals surface area contributed by atoms with Crippen molar-refractivity contribution in [3.63, 3.8) is 0 Å².